The fourth-order valence-corrected chi connectivity index (χ4v) is 2.82. The van der Waals surface area contributed by atoms with Crippen LogP contribution in [0.15, 0.2) is 24.3 Å². The Bertz CT molecular complexity index is 805. The predicted octanol–water partition coefficient (Wildman–Crippen LogP) is 4.31. The number of fused-ring (bicyclic) bond motifs is 1. The lowest BCUT2D eigenvalue weighted by molar-refractivity contribution is 0.333. The number of ether oxygens (including phenoxy) is 1. The van der Waals surface area contributed by atoms with E-state index in [-0.39, 0.29) is 6.92 Å². The Morgan fingerprint density at radius 3 is 2.50 bits per heavy atom. The summed E-state index contributed by atoms with van der Waals surface area (Å²) >= 11 is 0. The third kappa shape index (κ3) is 2.49. The van der Waals surface area contributed by atoms with Crippen molar-refractivity contribution in [1.29, 1.82) is 0 Å². The molecule has 2 aromatic rings. The Morgan fingerprint density at radius 2 is 1.86 bits per heavy atom. The van der Waals surface area contributed by atoms with E-state index in [2.05, 4.69) is 4.85 Å². The van der Waals surface area contributed by atoms with Crippen molar-refractivity contribution < 1.29 is 10.8 Å². The molecule has 2 aromatic carbocycles. The smallest absolute Gasteiger partial charge is 0.324 e. The Kier molecular flexibility index (Phi) is 3.36. The molecule has 1 aliphatic rings. The molecule has 3 nitrogen and oxygen atoms in total. The van der Waals surface area contributed by atoms with Gasteiger partial charge in [0, 0.05) is 0 Å². The maximum absolute atomic E-state index is 8.00. The highest BCUT2D eigenvalue weighted by Gasteiger charge is 2.24. The second-order valence-corrected chi connectivity index (χ2v) is 5.76. The van der Waals surface area contributed by atoms with E-state index in [4.69, 9.17) is 17.3 Å². The number of hydrogen-bond donors (Lipinski definition) is 0. The first-order valence-electron chi connectivity index (χ1n) is 7.87. The van der Waals surface area contributed by atoms with Gasteiger partial charge in [0.05, 0.1) is 14.5 Å². The Hall–Kier alpha value is -2.25. The van der Waals surface area contributed by atoms with Crippen LogP contribution in [0.1, 0.15) is 23.6 Å². The summed E-state index contributed by atoms with van der Waals surface area (Å²) in [7, 11) is 0. The lowest BCUT2D eigenvalue weighted by atomic mass is 9.64. The van der Waals surface area contributed by atoms with Crippen LogP contribution in [-0.4, -0.2) is 6.92 Å². The highest BCUT2D eigenvalue weighted by Crippen LogP contribution is 2.33. The summed E-state index contributed by atoms with van der Waals surface area (Å²) < 4.78 is 19.6. The normalized spacial score (nSPS) is 17.0. The van der Waals surface area contributed by atoms with Crippen molar-refractivity contribution >= 4 is 18.1 Å². The number of aryl methyl sites for hydroxylation is 3. The third-order valence-corrected chi connectivity index (χ3v) is 4.02. The van der Waals surface area contributed by atoms with Crippen molar-refractivity contribution in [2.45, 2.75) is 34.2 Å². The van der Waals surface area contributed by atoms with Crippen LogP contribution < -0.4 is 10.2 Å². The summed E-state index contributed by atoms with van der Waals surface area (Å²) in [4.78, 5) is 3.55. The maximum atomic E-state index is 8.00. The van der Waals surface area contributed by atoms with Crippen LogP contribution in [0.3, 0.4) is 0 Å². The lowest BCUT2D eigenvalue weighted by Gasteiger charge is -2.13. The van der Waals surface area contributed by atoms with E-state index >= 15 is 0 Å². The Morgan fingerprint density at radius 1 is 1.18 bits per heavy atom. The molecule has 110 valence electrons. The Labute approximate surface area is 133 Å². The van der Waals surface area contributed by atoms with Crippen LogP contribution in [-0.2, 0) is 11.2 Å². The highest BCUT2D eigenvalue weighted by molar-refractivity contribution is 6.67. The number of hydrogen-bond acceptors (Lipinski definition) is 2. The van der Waals surface area contributed by atoms with Gasteiger partial charge >= 0.3 is 6.92 Å². The van der Waals surface area contributed by atoms with Crippen LogP contribution in [0, 0.1) is 27.3 Å². The molecule has 22 heavy (non-hydrogen) atoms. The van der Waals surface area contributed by atoms with Gasteiger partial charge in [-0.3, -0.25) is 0 Å². The molecule has 0 N–H and O–H groups in total. The molecule has 0 aromatic heterocycles. The molecule has 3 rings (SSSR count). The van der Waals surface area contributed by atoms with Crippen molar-refractivity contribution in [3.63, 3.8) is 0 Å². The monoisotopic (exact) mass is 292 g/mol. The van der Waals surface area contributed by atoms with Gasteiger partial charge in [-0.1, -0.05) is 12.9 Å². The van der Waals surface area contributed by atoms with E-state index in [9.17, 15) is 0 Å². The highest BCUT2D eigenvalue weighted by atomic mass is 16.5. The maximum Gasteiger partial charge on any atom is 0.324 e. The van der Waals surface area contributed by atoms with Crippen molar-refractivity contribution in [3.8, 4) is 11.5 Å². The summed E-state index contributed by atoms with van der Waals surface area (Å²) in [6.07, 6.45) is 0. The zero-order valence-corrected chi connectivity index (χ0v) is 13.2. The average Bonchev–Trinajstić information content (AvgIpc) is 2.74. The Balaban J connectivity index is 1.99. The molecule has 0 saturated heterocycles. The largest absolute Gasteiger partial charge is 0.457 e. The zero-order chi connectivity index (χ0) is 16.7. The molecule has 0 bridgehead atoms. The van der Waals surface area contributed by atoms with Crippen LogP contribution >= 0.6 is 0 Å². The number of rotatable bonds is 2. The van der Waals surface area contributed by atoms with Gasteiger partial charge in [-0.25, -0.2) is 4.85 Å². The second kappa shape index (κ2) is 5.51. The quantitative estimate of drug-likeness (QED) is 0.608. The van der Waals surface area contributed by atoms with Gasteiger partial charge in [0.1, 0.15) is 11.5 Å². The first-order chi connectivity index (χ1) is 10.9. The first kappa shape index (κ1) is 13.4. The van der Waals surface area contributed by atoms with Gasteiger partial charge in [-0.15, -0.1) is 0 Å². The molecule has 0 fully saturated rings. The van der Waals surface area contributed by atoms with Crippen LogP contribution in [0.25, 0.3) is 4.85 Å². The van der Waals surface area contributed by atoms with E-state index in [0.29, 0.717) is 11.4 Å². The van der Waals surface area contributed by atoms with Gasteiger partial charge in [0.15, 0.2) is 5.69 Å². The molecule has 1 aliphatic heterocycles. The van der Waals surface area contributed by atoms with Crippen molar-refractivity contribution in [2.24, 2.45) is 0 Å². The SMILES string of the molecule is [2H]C1OB(C)c2cc(C)c(Oc3cc(C)c([N+]#[C-])c(C)c3)cc21. The van der Waals surface area contributed by atoms with Gasteiger partial charge in [-0.05, 0) is 66.7 Å². The van der Waals surface area contributed by atoms with Gasteiger partial charge < -0.3 is 9.39 Å². The summed E-state index contributed by atoms with van der Waals surface area (Å²) in [6, 6.07) is 7.70. The molecule has 1 unspecified atom stereocenters. The van der Waals surface area contributed by atoms with Crippen molar-refractivity contribution in [2.75, 3.05) is 0 Å². The lowest BCUT2D eigenvalue weighted by Crippen LogP contribution is -2.24. The molecule has 0 amide bonds. The third-order valence-electron chi connectivity index (χ3n) is 4.02. The van der Waals surface area contributed by atoms with Gasteiger partial charge in [0.2, 0.25) is 0 Å². The summed E-state index contributed by atoms with van der Waals surface area (Å²) in [5.74, 6) is 1.44. The first-order valence-corrected chi connectivity index (χ1v) is 7.29. The van der Waals surface area contributed by atoms with Crippen molar-refractivity contribution in [1.82, 2.24) is 0 Å². The molecule has 4 heteroatoms. The number of benzene rings is 2. The molecule has 0 saturated carbocycles. The summed E-state index contributed by atoms with van der Waals surface area (Å²) in [6.45, 7) is 14.3. The molecule has 1 atom stereocenters. The number of nitrogens with zero attached hydrogens (tertiary/aromatic N) is 1. The van der Waals surface area contributed by atoms with Crippen molar-refractivity contribution in [3.05, 3.63) is 57.9 Å². The molecule has 0 radical (unpaired) electrons. The fourth-order valence-electron chi connectivity index (χ4n) is 2.82. The molecule has 0 spiro atoms. The van der Waals surface area contributed by atoms with E-state index in [1.807, 2.05) is 51.9 Å². The summed E-state index contributed by atoms with van der Waals surface area (Å²) in [5, 5.41) is 0. The van der Waals surface area contributed by atoms with E-state index in [1.54, 1.807) is 0 Å². The zero-order valence-electron chi connectivity index (χ0n) is 14.2. The average molecular weight is 292 g/mol. The van der Waals surface area contributed by atoms with Crippen LogP contribution in [0.4, 0.5) is 5.69 Å². The molecule has 0 aliphatic carbocycles. The second-order valence-electron chi connectivity index (χ2n) is 5.76. The topological polar surface area (TPSA) is 22.8 Å². The van der Waals surface area contributed by atoms with Crippen LogP contribution in [0.5, 0.6) is 11.5 Å². The fraction of sp³-hybridized carbons (Fsp3) is 0.278. The minimum atomic E-state index is -0.657. The van der Waals surface area contributed by atoms with E-state index in [1.165, 1.54) is 0 Å². The minimum Gasteiger partial charge on any atom is -0.457 e. The van der Waals surface area contributed by atoms with Gasteiger partial charge in [-0.2, -0.15) is 0 Å². The summed E-state index contributed by atoms with van der Waals surface area (Å²) in [5.41, 5.74) is 5.43. The van der Waals surface area contributed by atoms with E-state index in [0.717, 1.165) is 33.5 Å². The minimum absolute atomic E-state index is 0.0531. The molecular weight excluding hydrogens is 273 g/mol. The predicted molar refractivity (Wildman–Crippen MR) is 89.5 cm³/mol. The van der Waals surface area contributed by atoms with Crippen LogP contribution in [0.2, 0.25) is 6.82 Å². The standard InChI is InChI=1S/C18H18BNO2/c1-11-8-16-14(10-21-19(16)4)9-17(11)22-15-6-12(2)18(20-5)13(3)7-15/h6-9H,10H2,1-4H3/i10D. The molecule has 1 heterocycles. The van der Waals surface area contributed by atoms with E-state index < -0.39 is 6.58 Å². The van der Waals surface area contributed by atoms with Gasteiger partial charge in [0.25, 0.3) is 0 Å². The molecular formula is C18H18BNO2.